The maximum atomic E-state index is 11.4. The lowest BCUT2D eigenvalue weighted by Crippen LogP contribution is -2.31. The molecule has 86 valence electrons. The topological polar surface area (TPSA) is 29.1 Å². The van der Waals surface area contributed by atoms with Gasteiger partial charge in [-0.2, -0.15) is 0 Å². The molecule has 16 heavy (non-hydrogen) atoms. The second-order valence-electron chi connectivity index (χ2n) is 4.67. The van der Waals surface area contributed by atoms with Gasteiger partial charge in [-0.25, -0.2) is 0 Å². The first-order chi connectivity index (χ1) is 7.77. The van der Waals surface area contributed by atoms with E-state index in [1.54, 1.807) is 0 Å². The van der Waals surface area contributed by atoms with Gasteiger partial charge in [0.15, 0.2) is 0 Å². The number of amides is 1. The van der Waals surface area contributed by atoms with Crippen LogP contribution in [0.5, 0.6) is 0 Å². The van der Waals surface area contributed by atoms with Gasteiger partial charge in [-0.15, -0.1) is 0 Å². The van der Waals surface area contributed by atoms with Crippen LogP contribution in [0.2, 0.25) is 0 Å². The third kappa shape index (κ3) is 2.43. The third-order valence-corrected chi connectivity index (χ3v) is 3.34. The van der Waals surface area contributed by atoms with Crippen LogP contribution in [0, 0.1) is 0 Å². The summed E-state index contributed by atoms with van der Waals surface area (Å²) < 4.78 is 0. The van der Waals surface area contributed by atoms with Crippen LogP contribution < -0.4 is 5.32 Å². The predicted octanol–water partition coefficient (Wildman–Crippen LogP) is 2.63. The van der Waals surface area contributed by atoms with Gasteiger partial charge < -0.3 is 5.32 Å². The van der Waals surface area contributed by atoms with E-state index in [4.69, 9.17) is 0 Å². The average molecular weight is 217 g/mol. The standard InChI is InChI=1S/C14H19NO/c1-2-6-13(16)15-11-14(9-10-14)12-7-4-3-5-8-12/h3-5,7-8H,2,6,9-11H2,1H3,(H,15,16). The Balaban J connectivity index is 1.92. The lowest BCUT2D eigenvalue weighted by Gasteiger charge is -2.16. The number of hydrogen-bond donors (Lipinski definition) is 1. The molecule has 0 atom stereocenters. The molecule has 0 radical (unpaired) electrons. The van der Waals surface area contributed by atoms with Crippen molar-refractivity contribution in [3.05, 3.63) is 35.9 Å². The van der Waals surface area contributed by atoms with Crippen LogP contribution in [0.4, 0.5) is 0 Å². The zero-order chi connectivity index (χ0) is 11.4. The van der Waals surface area contributed by atoms with Crippen LogP contribution in [-0.2, 0) is 10.2 Å². The van der Waals surface area contributed by atoms with E-state index < -0.39 is 0 Å². The smallest absolute Gasteiger partial charge is 0.220 e. The van der Waals surface area contributed by atoms with Crippen molar-refractivity contribution in [2.24, 2.45) is 0 Å². The Bertz CT molecular complexity index is 354. The Hall–Kier alpha value is -1.31. The zero-order valence-corrected chi connectivity index (χ0v) is 9.83. The van der Waals surface area contributed by atoms with Crippen LogP contribution in [0.15, 0.2) is 30.3 Å². The Labute approximate surface area is 97.1 Å². The van der Waals surface area contributed by atoms with Gasteiger partial charge in [-0.3, -0.25) is 4.79 Å². The molecule has 0 bridgehead atoms. The van der Waals surface area contributed by atoms with E-state index >= 15 is 0 Å². The van der Waals surface area contributed by atoms with Crippen molar-refractivity contribution >= 4 is 5.91 Å². The summed E-state index contributed by atoms with van der Waals surface area (Å²) >= 11 is 0. The maximum Gasteiger partial charge on any atom is 0.220 e. The number of carbonyl (C=O) groups excluding carboxylic acids is 1. The Morgan fingerprint density at radius 2 is 2.00 bits per heavy atom. The second kappa shape index (κ2) is 4.69. The van der Waals surface area contributed by atoms with Crippen molar-refractivity contribution in [1.29, 1.82) is 0 Å². The summed E-state index contributed by atoms with van der Waals surface area (Å²) in [5.74, 6) is 0.185. The fourth-order valence-electron chi connectivity index (χ4n) is 2.09. The van der Waals surface area contributed by atoms with Crippen LogP contribution in [0.1, 0.15) is 38.2 Å². The van der Waals surface area contributed by atoms with Crippen molar-refractivity contribution in [2.45, 2.75) is 38.0 Å². The largest absolute Gasteiger partial charge is 0.355 e. The zero-order valence-electron chi connectivity index (χ0n) is 9.83. The van der Waals surface area contributed by atoms with Gasteiger partial charge in [0.2, 0.25) is 5.91 Å². The van der Waals surface area contributed by atoms with Gasteiger partial charge in [-0.1, -0.05) is 37.3 Å². The molecule has 1 aromatic carbocycles. The summed E-state index contributed by atoms with van der Waals surface area (Å²) in [7, 11) is 0. The third-order valence-electron chi connectivity index (χ3n) is 3.34. The Morgan fingerprint density at radius 3 is 2.56 bits per heavy atom. The lowest BCUT2D eigenvalue weighted by molar-refractivity contribution is -0.121. The molecule has 0 aliphatic heterocycles. The maximum absolute atomic E-state index is 11.4. The highest BCUT2D eigenvalue weighted by molar-refractivity contribution is 5.76. The minimum atomic E-state index is 0.185. The van der Waals surface area contributed by atoms with E-state index in [1.165, 1.54) is 18.4 Å². The molecule has 0 heterocycles. The molecule has 1 aliphatic carbocycles. The van der Waals surface area contributed by atoms with Crippen molar-refractivity contribution in [3.8, 4) is 0 Å². The molecule has 1 saturated carbocycles. The van der Waals surface area contributed by atoms with Crippen LogP contribution in [0.3, 0.4) is 0 Å². The van der Waals surface area contributed by atoms with E-state index in [2.05, 4.69) is 29.6 Å². The second-order valence-corrected chi connectivity index (χ2v) is 4.67. The first kappa shape index (κ1) is 11.2. The van der Waals surface area contributed by atoms with Crippen molar-refractivity contribution in [1.82, 2.24) is 5.32 Å². The summed E-state index contributed by atoms with van der Waals surface area (Å²) in [6.45, 7) is 2.83. The highest BCUT2D eigenvalue weighted by Gasteiger charge is 2.43. The summed E-state index contributed by atoms with van der Waals surface area (Å²) in [5.41, 5.74) is 1.61. The minimum Gasteiger partial charge on any atom is -0.355 e. The van der Waals surface area contributed by atoms with E-state index in [1.807, 2.05) is 13.0 Å². The number of carbonyl (C=O) groups is 1. The fourth-order valence-corrected chi connectivity index (χ4v) is 2.09. The quantitative estimate of drug-likeness (QED) is 0.807. The molecule has 0 unspecified atom stereocenters. The molecule has 1 N–H and O–H groups in total. The number of nitrogens with one attached hydrogen (secondary N) is 1. The number of hydrogen-bond acceptors (Lipinski definition) is 1. The summed E-state index contributed by atoms with van der Waals surface area (Å²) in [6.07, 6.45) is 3.96. The first-order valence-electron chi connectivity index (χ1n) is 6.09. The average Bonchev–Trinajstić information content (AvgIpc) is 3.09. The van der Waals surface area contributed by atoms with Gasteiger partial charge in [0.25, 0.3) is 0 Å². The van der Waals surface area contributed by atoms with Crippen LogP contribution in [-0.4, -0.2) is 12.5 Å². The molecule has 1 amide bonds. The van der Waals surface area contributed by atoms with Gasteiger partial charge in [-0.05, 0) is 24.8 Å². The molecule has 2 nitrogen and oxygen atoms in total. The normalized spacial score (nSPS) is 16.8. The van der Waals surface area contributed by atoms with Gasteiger partial charge in [0.1, 0.15) is 0 Å². The molecule has 2 heteroatoms. The fraction of sp³-hybridized carbons (Fsp3) is 0.500. The SMILES string of the molecule is CCCC(=O)NCC1(c2ccccc2)CC1. The highest BCUT2D eigenvalue weighted by atomic mass is 16.1. The highest BCUT2D eigenvalue weighted by Crippen LogP contribution is 2.47. The first-order valence-corrected chi connectivity index (χ1v) is 6.09. The molecule has 2 rings (SSSR count). The van der Waals surface area contributed by atoms with Crippen molar-refractivity contribution in [3.63, 3.8) is 0 Å². The monoisotopic (exact) mass is 217 g/mol. The molecule has 1 fully saturated rings. The number of rotatable bonds is 5. The van der Waals surface area contributed by atoms with E-state index in [0.717, 1.165) is 13.0 Å². The van der Waals surface area contributed by atoms with Gasteiger partial charge in [0, 0.05) is 18.4 Å². The van der Waals surface area contributed by atoms with E-state index in [0.29, 0.717) is 6.42 Å². The van der Waals surface area contributed by atoms with Gasteiger partial charge >= 0.3 is 0 Å². The lowest BCUT2D eigenvalue weighted by atomic mass is 9.96. The minimum absolute atomic E-state index is 0.185. The molecular formula is C14H19NO. The van der Waals surface area contributed by atoms with Crippen molar-refractivity contribution in [2.75, 3.05) is 6.54 Å². The molecule has 1 aromatic rings. The molecule has 0 saturated heterocycles. The molecule has 1 aliphatic rings. The van der Waals surface area contributed by atoms with Crippen LogP contribution >= 0.6 is 0 Å². The molecule has 0 aromatic heterocycles. The van der Waals surface area contributed by atoms with Crippen LogP contribution in [0.25, 0.3) is 0 Å². The molecular weight excluding hydrogens is 198 g/mol. The number of benzene rings is 1. The molecule has 0 spiro atoms. The summed E-state index contributed by atoms with van der Waals surface area (Å²) in [5, 5.41) is 3.05. The Morgan fingerprint density at radius 1 is 1.31 bits per heavy atom. The summed E-state index contributed by atoms with van der Waals surface area (Å²) in [6, 6.07) is 10.5. The van der Waals surface area contributed by atoms with Gasteiger partial charge in [0.05, 0.1) is 0 Å². The summed E-state index contributed by atoms with van der Waals surface area (Å²) in [4.78, 5) is 11.4. The van der Waals surface area contributed by atoms with E-state index in [9.17, 15) is 4.79 Å². The van der Waals surface area contributed by atoms with E-state index in [-0.39, 0.29) is 11.3 Å². The Kier molecular flexibility index (Phi) is 3.28. The predicted molar refractivity (Wildman–Crippen MR) is 65.3 cm³/mol. The van der Waals surface area contributed by atoms with Crippen molar-refractivity contribution < 1.29 is 4.79 Å².